The molecule has 0 radical (unpaired) electrons. The number of benzene rings is 2. The maximum absolute atomic E-state index is 6.13. The van der Waals surface area contributed by atoms with Crippen LogP contribution < -0.4 is 10.5 Å². The molecule has 0 amide bonds. The van der Waals surface area contributed by atoms with Crippen molar-refractivity contribution in [2.45, 2.75) is 20.1 Å². The molecule has 2 aromatic carbocycles. The molecule has 0 saturated heterocycles. The van der Waals surface area contributed by atoms with E-state index in [4.69, 9.17) is 22.1 Å². The van der Waals surface area contributed by atoms with Crippen molar-refractivity contribution in [3.8, 4) is 5.75 Å². The number of hydrogen-bond acceptors (Lipinski definition) is 2. The molecule has 0 atom stereocenters. The zero-order valence-corrected chi connectivity index (χ0v) is 12.6. The summed E-state index contributed by atoms with van der Waals surface area (Å²) in [7, 11) is 0. The van der Waals surface area contributed by atoms with Crippen molar-refractivity contribution in [1.82, 2.24) is 4.57 Å². The Labute approximate surface area is 128 Å². The van der Waals surface area contributed by atoms with Crippen LogP contribution in [0, 0.1) is 0 Å². The summed E-state index contributed by atoms with van der Waals surface area (Å²) in [5.74, 6) is 0.798. The summed E-state index contributed by atoms with van der Waals surface area (Å²) in [6, 6.07) is 13.4. The first kappa shape index (κ1) is 13.8. The highest BCUT2D eigenvalue weighted by atomic mass is 35.5. The molecule has 0 spiro atoms. The van der Waals surface area contributed by atoms with Gasteiger partial charge in [-0.1, -0.05) is 17.7 Å². The summed E-state index contributed by atoms with van der Waals surface area (Å²) < 4.78 is 8.03. The molecule has 0 fully saturated rings. The Hall–Kier alpha value is -2.13. The summed E-state index contributed by atoms with van der Waals surface area (Å²) in [5.41, 5.74) is 9.16. The van der Waals surface area contributed by atoms with Gasteiger partial charge in [0.2, 0.25) is 0 Å². The van der Waals surface area contributed by atoms with Crippen molar-refractivity contribution in [3.05, 3.63) is 59.2 Å². The summed E-state index contributed by atoms with van der Waals surface area (Å²) >= 11 is 5.87. The predicted octanol–water partition coefficient (Wildman–Crippen LogP) is 4.48. The van der Waals surface area contributed by atoms with E-state index in [9.17, 15) is 0 Å². The highest BCUT2D eigenvalue weighted by Crippen LogP contribution is 2.28. The van der Waals surface area contributed by atoms with Gasteiger partial charge in [0.25, 0.3) is 0 Å². The Morgan fingerprint density at radius 1 is 1.14 bits per heavy atom. The minimum absolute atomic E-state index is 0.485. The van der Waals surface area contributed by atoms with Gasteiger partial charge in [-0.15, -0.1) is 0 Å². The lowest BCUT2D eigenvalue weighted by atomic mass is 10.1. The van der Waals surface area contributed by atoms with Gasteiger partial charge >= 0.3 is 0 Å². The summed E-state index contributed by atoms with van der Waals surface area (Å²) in [4.78, 5) is 0. The number of fused-ring (bicyclic) bond motifs is 1. The van der Waals surface area contributed by atoms with Crippen LogP contribution in [0.25, 0.3) is 10.9 Å². The van der Waals surface area contributed by atoms with Gasteiger partial charge < -0.3 is 15.0 Å². The van der Waals surface area contributed by atoms with E-state index < -0.39 is 0 Å². The Morgan fingerprint density at radius 2 is 1.90 bits per heavy atom. The molecule has 0 aliphatic heterocycles. The molecular weight excluding hydrogens is 284 g/mol. The van der Waals surface area contributed by atoms with Gasteiger partial charge in [-0.2, -0.15) is 0 Å². The van der Waals surface area contributed by atoms with Crippen LogP contribution in [0.3, 0.4) is 0 Å². The third-order valence-corrected chi connectivity index (χ3v) is 3.82. The fourth-order valence-electron chi connectivity index (χ4n) is 2.53. The Balaban J connectivity index is 1.91. The molecule has 21 heavy (non-hydrogen) atoms. The van der Waals surface area contributed by atoms with Crippen LogP contribution >= 0.6 is 11.6 Å². The largest absolute Gasteiger partial charge is 0.489 e. The van der Waals surface area contributed by atoms with E-state index in [2.05, 4.69) is 23.8 Å². The van der Waals surface area contributed by atoms with Crippen molar-refractivity contribution in [3.63, 3.8) is 0 Å². The van der Waals surface area contributed by atoms with Crippen molar-refractivity contribution < 1.29 is 4.74 Å². The number of nitrogen functional groups attached to an aromatic ring is 1. The van der Waals surface area contributed by atoms with Crippen molar-refractivity contribution in [2.24, 2.45) is 0 Å². The van der Waals surface area contributed by atoms with E-state index in [-0.39, 0.29) is 0 Å². The summed E-state index contributed by atoms with van der Waals surface area (Å²) in [6.07, 6.45) is 2.11. The van der Waals surface area contributed by atoms with Gasteiger partial charge in [0, 0.05) is 34.4 Å². The first-order valence-electron chi connectivity index (χ1n) is 6.93. The van der Waals surface area contributed by atoms with Crippen molar-refractivity contribution >= 4 is 28.2 Å². The van der Waals surface area contributed by atoms with Crippen LogP contribution in [0.1, 0.15) is 12.5 Å². The van der Waals surface area contributed by atoms with Gasteiger partial charge in [-0.05, 0) is 43.3 Å². The first-order valence-corrected chi connectivity index (χ1v) is 7.31. The number of ether oxygens (including phenoxy) is 1. The zero-order chi connectivity index (χ0) is 14.8. The third kappa shape index (κ3) is 2.69. The van der Waals surface area contributed by atoms with E-state index in [1.165, 1.54) is 0 Å². The smallest absolute Gasteiger partial charge is 0.119 e. The SMILES string of the molecule is CCn1cc(COc2ccc(Cl)cc2)c2c(N)cccc21. The zero-order valence-electron chi connectivity index (χ0n) is 11.8. The summed E-state index contributed by atoms with van der Waals surface area (Å²) in [5, 5.41) is 1.78. The van der Waals surface area contributed by atoms with Crippen molar-refractivity contribution in [1.29, 1.82) is 0 Å². The highest BCUT2D eigenvalue weighted by Gasteiger charge is 2.10. The molecule has 3 nitrogen and oxygen atoms in total. The lowest BCUT2D eigenvalue weighted by Gasteiger charge is -2.06. The fourth-order valence-corrected chi connectivity index (χ4v) is 2.66. The number of aromatic nitrogens is 1. The van der Waals surface area contributed by atoms with Crippen LogP contribution in [-0.4, -0.2) is 4.57 Å². The quantitative estimate of drug-likeness (QED) is 0.722. The fraction of sp³-hybridized carbons (Fsp3) is 0.176. The molecule has 1 heterocycles. The Kier molecular flexibility index (Phi) is 3.76. The molecule has 1 aromatic heterocycles. The topological polar surface area (TPSA) is 40.2 Å². The number of rotatable bonds is 4. The number of anilines is 1. The molecule has 0 unspecified atom stereocenters. The molecule has 3 aromatic rings. The number of halogens is 1. The summed E-state index contributed by atoms with van der Waals surface area (Å²) in [6.45, 7) is 3.51. The van der Waals surface area contributed by atoms with Gasteiger partial charge in [0.1, 0.15) is 12.4 Å². The molecule has 0 aliphatic carbocycles. The van der Waals surface area contributed by atoms with Crippen LogP contribution in [0.5, 0.6) is 5.75 Å². The molecule has 0 saturated carbocycles. The Bertz CT molecular complexity index is 762. The average molecular weight is 301 g/mol. The van der Waals surface area contributed by atoms with Crippen molar-refractivity contribution in [2.75, 3.05) is 5.73 Å². The predicted molar refractivity (Wildman–Crippen MR) is 87.8 cm³/mol. The molecule has 3 rings (SSSR count). The van der Waals surface area contributed by atoms with Gasteiger partial charge in [0.05, 0.1) is 5.52 Å². The number of nitrogens with zero attached hydrogens (tertiary/aromatic N) is 1. The monoisotopic (exact) mass is 300 g/mol. The number of hydrogen-bond donors (Lipinski definition) is 1. The highest BCUT2D eigenvalue weighted by molar-refractivity contribution is 6.30. The number of aryl methyl sites for hydroxylation is 1. The van der Waals surface area contributed by atoms with Crippen LogP contribution in [0.15, 0.2) is 48.7 Å². The van der Waals surface area contributed by atoms with Crippen LogP contribution in [0.4, 0.5) is 5.69 Å². The average Bonchev–Trinajstić information content (AvgIpc) is 2.86. The maximum Gasteiger partial charge on any atom is 0.119 e. The van der Waals surface area contributed by atoms with E-state index >= 15 is 0 Å². The van der Waals surface area contributed by atoms with Gasteiger partial charge in [-0.25, -0.2) is 0 Å². The van der Waals surface area contributed by atoms with Gasteiger partial charge in [0.15, 0.2) is 0 Å². The van der Waals surface area contributed by atoms with E-state index in [0.29, 0.717) is 11.6 Å². The Morgan fingerprint density at radius 3 is 2.62 bits per heavy atom. The maximum atomic E-state index is 6.13. The van der Waals surface area contributed by atoms with Crippen LogP contribution in [-0.2, 0) is 13.2 Å². The van der Waals surface area contributed by atoms with E-state index in [0.717, 1.165) is 34.4 Å². The standard InChI is InChI=1S/C17H17ClN2O/c1-2-20-10-12(17-15(19)4-3-5-16(17)20)11-21-14-8-6-13(18)7-9-14/h3-10H,2,11,19H2,1H3. The molecule has 108 valence electrons. The third-order valence-electron chi connectivity index (χ3n) is 3.57. The van der Waals surface area contributed by atoms with Gasteiger partial charge in [-0.3, -0.25) is 0 Å². The van der Waals surface area contributed by atoms with Crippen LogP contribution in [0.2, 0.25) is 5.02 Å². The molecule has 2 N–H and O–H groups in total. The lowest BCUT2D eigenvalue weighted by Crippen LogP contribution is -1.96. The number of nitrogens with two attached hydrogens (primary N) is 1. The van der Waals surface area contributed by atoms with E-state index in [1.807, 2.05) is 36.4 Å². The second-order valence-corrected chi connectivity index (χ2v) is 5.36. The second kappa shape index (κ2) is 5.70. The molecular formula is C17H17ClN2O. The normalized spacial score (nSPS) is 11.0. The molecule has 4 heteroatoms. The van der Waals surface area contributed by atoms with E-state index in [1.54, 1.807) is 0 Å². The minimum atomic E-state index is 0.485. The first-order chi connectivity index (χ1) is 10.2. The molecule has 0 bridgehead atoms. The second-order valence-electron chi connectivity index (χ2n) is 4.92. The lowest BCUT2D eigenvalue weighted by molar-refractivity contribution is 0.307. The molecule has 0 aliphatic rings. The minimum Gasteiger partial charge on any atom is -0.489 e.